The van der Waals surface area contributed by atoms with Crippen LogP contribution >= 0.6 is 15.9 Å². The van der Waals surface area contributed by atoms with Crippen LogP contribution in [0.15, 0.2) is 71.2 Å². The van der Waals surface area contributed by atoms with Gasteiger partial charge in [-0.1, -0.05) is 79.0 Å². The molecule has 0 radical (unpaired) electrons. The molecule has 1 saturated carbocycles. The smallest absolute Gasteiger partial charge is 0.159 e. The summed E-state index contributed by atoms with van der Waals surface area (Å²) in [7, 11) is 0. The molecule has 0 amide bonds. The number of piperidine rings is 1. The summed E-state index contributed by atoms with van der Waals surface area (Å²) in [6.07, 6.45) is 5.72. The Morgan fingerprint density at radius 3 is 1.87 bits per heavy atom. The molecule has 0 unspecified atom stereocenters. The first-order valence-corrected chi connectivity index (χ1v) is 13.5. The maximum absolute atomic E-state index is 13.0. The second-order valence-corrected chi connectivity index (χ2v) is 10.5. The predicted molar refractivity (Wildman–Crippen MR) is 150 cm³/mol. The minimum atomic E-state index is -0.952. The maximum Gasteiger partial charge on any atom is 0.159 e. The summed E-state index contributed by atoms with van der Waals surface area (Å²) in [6.45, 7) is 2.83. The highest BCUT2D eigenvalue weighted by Crippen LogP contribution is 2.37. The molecule has 1 N–H and O–H groups in total. The number of rotatable bonds is 3. The van der Waals surface area contributed by atoms with Crippen LogP contribution in [0.1, 0.15) is 63.5 Å². The highest BCUT2D eigenvalue weighted by molar-refractivity contribution is 9.10. The Morgan fingerprint density at radius 1 is 0.769 bits per heavy atom. The van der Waals surface area contributed by atoms with Crippen molar-refractivity contribution in [2.24, 2.45) is 0 Å². The van der Waals surface area contributed by atoms with Gasteiger partial charge in [0.15, 0.2) is 23.3 Å². The van der Waals surface area contributed by atoms with E-state index in [1.165, 1.54) is 17.7 Å². The van der Waals surface area contributed by atoms with Gasteiger partial charge in [-0.3, -0.25) is 9.69 Å². The van der Waals surface area contributed by atoms with Gasteiger partial charge in [0.05, 0.1) is 5.60 Å². The van der Waals surface area contributed by atoms with E-state index < -0.39 is 28.9 Å². The molecule has 0 atom stereocenters. The fraction of sp³-hybridized carbons (Fsp3) is 0.387. The molecule has 1 aliphatic carbocycles. The van der Waals surface area contributed by atoms with Crippen LogP contribution < -0.4 is 0 Å². The van der Waals surface area contributed by atoms with Crippen molar-refractivity contribution < 1.29 is 27.5 Å². The summed E-state index contributed by atoms with van der Waals surface area (Å²) in [6, 6.07) is 17.7. The monoisotopic (exact) mass is 609 g/mol. The van der Waals surface area contributed by atoms with E-state index in [4.69, 9.17) is 0 Å². The van der Waals surface area contributed by atoms with Gasteiger partial charge in [-0.05, 0) is 54.3 Å². The van der Waals surface area contributed by atoms with Crippen LogP contribution in [0.3, 0.4) is 0 Å². The number of hydrogen-bond acceptors (Lipinski definition) is 3. The third-order valence-electron chi connectivity index (χ3n) is 6.68. The van der Waals surface area contributed by atoms with Gasteiger partial charge in [0.25, 0.3) is 0 Å². The Balaban J connectivity index is 0.000000209. The summed E-state index contributed by atoms with van der Waals surface area (Å²) in [5.74, 6) is -2.98. The lowest BCUT2D eigenvalue weighted by atomic mass is 9.80. The largest absolute Gasteiger partial charge is 0.385 e. The number of likely N-dealkylation sites (tertiary alicyclic amines) is 1. The lowest BCUT2D eigenvalue weighted by Crippen LogP contribution is -2.33. The summed E-state index contributed by atoms with van der Waals surface area (Å²) in [4.78, 5) is 13.4. The number of halogens is 5. The van der Waals surface area contributed by atoms with E-state index in [1.807, 2.05) is 6.07 Å². The zero-order valence-corrected chi connectivity index (χ0v) is 22.7. The maximum atomic E-state index is 13.0. The number of ketones is 1. The highest BCUT2D eigenvalue weighted by Gasteiger charge is 2.31. The third-order valence-corrected chi connectivity index (χ3v) is 7.18. The molecule has 0 bridgehead atoms. The number of hydrogen-bond donors (Lipinski definition) is 1. The Hall–Kier alpha value is -2.55. The molecule has 2 aliphatic rings. The molecule has 8 heteroatoms. The molecule has 212 valence electrons. The van der Waals surface area contributed by atoms with Crippen molar-refractivity contribution in [1.82, 2.24) is 4.90 Å². The van der Waals surface area contributed by atoms with Gasteiger partial charge in [-0.2, -0.15) is 0 Å². The molecule has 39 heavy (non-hydrogen) atoms. The SMILES string of the molecule is C.Fc1ccc(Br)cc1F.O=C1CCN(Cc2ccccc2)CC1.OC1(c2ccc(F)c(F)c2)CCCCC1. The van der Waals surface area contributed by atoms with E-state index in [2.05, 4.69) is 45.1 Å². The fourth-order valence-corrected chi connectivity index (χ4v) is 4.82. The van der Waals surface area contributed by atoms with Crippen LogP contribution in [0.4, 0.5) is 17.6 Å². The second kappa shape index (κ2) is 15.9. The minimum Gasteiger partial charge on any atom is -0.385 e. The van der Waals surface area contributed by atoms with Crippen LogP contribution in [-0.2, 0) is 16.9 Å². The lowest BCUT2D eigenvalue weighted by Gasteiger charge is -2.32. The number of nitrogens with zero attached hydrogens (tertiary/aromatic N) is 1. The van der Waals surface area contributed by atoms with Crippen molar-refractivity contribution >= 4 is 21.7 Å². The fourth-order valence-electron chi connectivity index (χ4n) is 4.48. The number of Topliss-reactive ketones (excluding diaryl/α,β-unsaturated/α-hetero) is 1. The standard InChI is InChI=1S/C12H14F2O.C12H15NO.C6H3BrF2.CH4/c13-10-5-4-9(8-11(10)14)12(15)6-2-1-3-7-12;14-12-6-8-13(9-7-12)10-11-4-2-1-3-5-11;7-4-1-2-5(8)6(9)3-4;/h4-5,8,15H,1-3,6-7H2;1-5H,6-10H2;1-3H;1H4. The molecule has 0 aromatic heterocycles. The molecule has 3 aromatic carbocycles. The molecule has 1 saturated heterocycles. The average molecular weight is 611 g/mol. The number of carbonyl (C=O) groups excluding carboxylic acids is 1. The molecule has 1 heterocycles. The minimum absolute atomic E-state index is 0. The Labute approximate surface area is 237 Å². The van der Waals surface area contributed by atoms with Gasteiger partial charge >= 0.3 is 0 Å². The molecular formula is C31H36BrF4NO2. The summed E-state index contributed by atoms with van der Waals surface area (Å²) in [5, 5.41) is 10.3. The Kier molecular flexibility index (Phi) is 13.3. The van der Waals surface area contributed by atoms with Crippen molar-refractivity contribution in [2.75, 3.05) is 13.1 Å². The molecule has 3 nitrogen and oxygen atoms in total. The first-order chi connectivity index (χ1) is 18.2. The van der Waals surface area contributed by atoms with E-state index in [0.717, 1.165) is 76.0 Å². The van der Waals surface area contributed by atoms with Crippen LogP contribution in [0, 0.1) is 23.3 Å². The quantitative estimate of drug-likeness (QED) is 0.240. The third kappa shape index (κ3) is 10.5. The summed E-state index contributed by atoms with van der Waals surface area (Å²) < 4.78 is 50.6. The van der Waals surface area contributed by atoms with E-state index in [1.54, 1.807) is 0 Å². The zero-order chi connectivity index (χ0) is 27.5. The van der Waals surface area contributed by atoms with Crippen LogP contribution in [0.2, 0.25) is 0 Å². The number of carbonyl (C=O) groups is 1. The van der Waals surface area contributed by atoms with Gasteiger partial charge in [0, 0.05) is 36.9 Å². The number of aliphatic hydroxyl groups is 1. The molecule has 1 aliphatic heterocycles. The Morgan fingerprint density at radius 2 is 1.33 bits per heavy atom. The van der Waals surface area contributed by atoms with Gasteiger partial charge in [-0.15, -0.1) is 0 Å². The lowest BCUT2D eigenvalue weighted by molar-refractivity contribution is -0.121. The van der Waals surface area contributed by atoms with Gasteiger partial charge in [0.2, 0.25) is 0 Å². The zero-order valence-electron chi connectivity index (χ0n) is 21.1. The highest BCUT2D eigenvalue weighted by atomic mass is 79.9. The average Bonchev–Trinajstić information content (AvgIpc) is 2.91. The van der Waals surface area contributed by atoms with Gasteiger partial charge in [0.1, 0.15) is 5.78 Å². The summed E-state index contributed by atoms with van der Waals surface area (Å²) in [5.41, 5.74) is 0.884. The first-order valence-electron chi connectivity index (χ1n) is 12.7. The number of benzene rings is 3. The van der Waals surface area contributed by atoms with E-state index in [0.29, 0.717) is 28.7 Å². The second-order valence-electron chi connectivity index (χ2n) is 9.58. The normalized spacial score (nSPS) is 16.6. The first kappa shape index (κ1) is 32.7. The molecular weight excluding hydrogens is 574 g/mol. The van der Waals surface area contributed by atoms with Crippen LogP contribution in [-0.4, -0.2) is 28.9 Å². The van der Waals surface area contributed by atoms with Crippen LogP contribution in [0.5, 0.6) is 0 Å². The molecule has 0 spiro atoms. The van der Waals surface area contributed by atoms with Crippen molar-refractivity contribution in [3.8, 4) is 0 Å². The van der Waals surface area contributed by atoms with Crippen molar-refractivity contribution in [3.63, 3.8) is 0 Å². The van der Waals surface area contributed by atoms with Crippen molar-refractivity contribution in [3.05, 3.63) is 106 Å². The predicted octanol–water partition coefficient (Wildman–Crippen LogP) is 8.33. The van der Waals surface area contributed by atoms with E-state index >= 15 is 0 Å². The molecule has 2 fully saturated rings. The van der Waals surface area contributed by atoms with Crippen molar-refractivity contribution in [1.29, 1.82) is 0 Å². The van der Waals surface area contributed by atoms with Gasteiger partial charge < -0.3 is 5.11 Å². The topological polar surface area (TPSA) is 40.5 Å². The molecule has 3 aromatic rings. The van der Waals surface area contributed by atoms with Crippen LogP contribution in [0.25, 0.3) is 0 Å². The van der Waals surface area contributed by atoms with E-state index in [-0.39, 0.29) is 7.43 Å². The molecule has 5 rings (SSSR count). The Bertz CT molecular complexity index is 1180. The van der Waals surface area contributed by atoms with Crippen molar-refractivity contribution in [2.45, 2.75) is 64.5 Å². The van der Waals surface area contributed by atoms with E-state index in [9.17, 15) is 27.5 Å². The van der Waals surface area contributed by atoms with Gasteiger partial charge in [-0.25, -0.2) is 17.6 Å². The summed E-state index contributed by atoms with van der Waals surface area (Å²) >= 11 is 2.99.